The largest absolute Gasteiger partial charge is 0.0983 e. The minimum atomic E-state index is -0.0254. The first kappa shape index (κ1) is 6.12. The maximum Gasteiger partial charge on any atom is 0.0983 e. The van der Waals surface area contributed by atoms with Crippen molar-refractivity contribution in [1.29, 1.82) is 0 Å². The molecule has 0 heterocycles. The number of hydrogen-bond acceptors (Lipinski definition) is 0. The first-order valence-corrected chi connectivity index (χ1v) is 8.67. The van der Waals surface area contributed by atoms with Crippen LogP contribution in [0.2, 0.25) is 0 Å². The molecule has 0 rings (SSSR count). The van der Waals surface area contributed by atoms with Crippen molar-refractivity contribution in [3.63, 3.8) is 0 Å². The molecule has 4 heavy (non-hydrogen) atoms. The second kappa shape index (κ2) is 3.32. The topological polar surface area (TPSA) is 0 Å². The highest BCUT2D eigenvalue weighted by Crippen LogP contribution is 2.59. The van der Waals surface area contributed by atoms with Crippen LogP contribution in [0.3, 0.4) is 0 Å². The van der Waals surface area contributed by atoms with Crippen LogP contribution in [0.5, 0.6) is 0 Å². The quantitative estimate of drug-likeness (QED) is 0.474. The van der Waals surface area contributed by atoms with Gasteiger partial charge in [-0.1, -0.05) is 0 Å². The van der Waals surface area contributed by atoms with Gasteiger partial charge in [0.1, 0.15) is 0 Å². The third-order valence-electron chi connectivity index (χ3n) is 0. The van der Waals surface area contributed by atoms with Gasteiger partial charge in [0.15, 0.2) is 0 Å². The summed E-state index contributed by atoms with van der Waals surface area (Å²) >= 11 is 8.72. The standard InChI is InChI=1S/Br2IP/c1-4(2)3. The van der Waals surface area contributed by atoms with Crippen LogP contribution in [0.25, 0.3) is 0 Å². The molecular formula is Br2IP. The van der Waals surface area contributed by atoms with Gasteiger partial charge in [-0.2, -0.15) is 0 Å². The minimum Gasteiger partial charge on any atom is -0.0355 e. The molecule has 26 valence electrons. The van der Waals surface area contributed by atoms with Crippen molar-refractivity contribution < 1.29 is 0 Å². The SMILES string of the molecule is BrP(Br)I. The van der Waals surface area contributed by atoms with E-state index < -0.39 is 0 Å². The van der Waals surface area contributed by atoms with E-state index in [0.717, 1.165) is 0 Å². The molecule has 0 aliphatic heterocycles. The summed E-state index contributed by atoms with van der Waals surface area (Å²) in [7, 11) is 0. The maximum absolute atomic E-state index is 3.24. The monoisotopic (exact) mass is 316 g/mol. The Kier molecular flexibility index (Phi) is 5.07. The second-order valence-corrected chi connectivity index (χ2v) is 18.5. The van der Waals surface area contributed by atoms with Gasteiger partial charge in [0.05, 0.1) is 2.97 Å². The summed E-state index contributed by atoms with van der Waals surface area (Å²) < 4.78 is -0.0254. The van der Waals surface area contributed by atoms with Gasteiger partial charge < -0.3 is 0 Å². The summed E-state index contributed by atoms with van der Waals surface area (Å²) in [6.07, 6.45) is 0. The van der Waals surface area contributed by atoms with Crippen LogP contribution in [0.1, 0.15) is 0 Å². The Hall–Kier alpha value is 2.12. The Balaban J connectivity index is 2.32. The average molecular weight is 318 g/mol. The van der Waals surface area contributed by atoms with E-state index in [1.807, 2.05) is 0 Å². The summed E-state index contributed by atoms with van der Waals surface area (Å²) in [4.78, 5) is 0. The van der Waals surface area contributed by atoms with Gasteiger partial charge in [0, 0.05) is 0 Å². The van der Waals surface area contributed by atoms with Gasteiger partial charge in [-0.3, -0.25) is 0 Å². The molecule has 0 aromatic carbocycles. The second-order valence-electron chi connectivity index (χ2n) is 0.192. The van der Waals surface area contributed by atoms with Crippen LogP contribution in [0.15, 0.2) is 0 Å². The van der Waals surface area contributed by atoms with E-state index in [2.05, 4.69) is 53.0 Å². The van der Waals surface area contributed by atoms with Crippen molar-refractivity contribution in [3.8, 4) is 0 Å². The first-order valence-electron chi connectivity index (χ1n) is 0.507. The van der Waals surface area contributed by atoms with E-state index >= 15 is 0 Å². The Morgan fingerprint density at radius 3 is 1.50 bits per heavy atom. The molecule has 0 saturated carbocycles. The van der Waals surface area contributed by atoms with E-state index in [1.54, 1.807) is 0 Å². The highest BCUT2D eigenvalue weighted by atomic mass is 127. The minimum absolute atomic E-state index is 0.0254. The van der Waals surface area contributed by atoms with Gasteiger partial charge in [-0.25, -0.2) is 0 Å². The zero-order valence-corrected chi connectivity index (χ0v) is 7.81. The molecule has 0 N–H and O–H groups in total. The molecule has 4 heteroatoms. The molecule has 0 spiro atoms. The molecule has 0 aromatic rings. The summed E-state index contributed by atoms with van der Waals surface area (Å²) in [5.41, 5.74) is 0. The van der Waals surface area contributed by atoms with E-state index in [0.29, 0.717) is 0 Å². The molecule has 0 nitrogen and oxygen atoms in total. The van der Waals surface area contributed by atoms with Crippen molar-refractivity contribution in [2.24, 2.45) is 0 Å². The smallest absolute Gasteiger partial charge is 0.0355 e. The fraction of sp³-hybridized carbons (Fsp3) is 0. The molecule has 0 aliphatic rings. The molecule has 0 amide bonds. The Labute approximate surface area is 55.4 Å². The lowest BCUT2D eigenvalue weighted by atomic mass is 30.9. The molecule has 0 aromatic heterocycles. The molecule has 0 aliphatic carbocycles. The maximum atomic E-state index is 3.24. The highest BCUT2D eigenvalue weighted by molar-refractivity contribution is 14.2. The molecule has 0 saturated heterocycles. The zero-order valence-electron chi connectivity index (χ0n) is 1.58. The van der Waals surface area contributed by atoms with E-state index in [1.165, 1.54) is 0 Å². The van der Waals surface area contributed by atoms with Gasteiger partial charge in [0.25, 0.3) is 0 Å². The van der Waals surface area contributed by atoms with E-state index in [4.69, 9.17) is 0 Å². The van der Waals surface area contributed by atoms with Crippen molar-refractivity contribution in [1.82, 2.24) is 0 Å². The summed E-state index contributed by atoms with van der Waals surface area (Å²) in [6.45, 7) is 0. The van der Waals surface area contributed by atoms with Crippen LogP contribution in [-0.4, -0.2) is 0 Å². The van der Waals surface area contributed by atoms with E-state index in [9.17, 15) is 0 Å². The molecule has 0 bridgehead atoms. The summed E-state index contributed by atoms with van der Waals surface area (Å²) in [5, 5.41) is 0. The predicted octanol–water partition coefficient (Wildman–Crippen LogP) is 3.44. The summed E-state index contributed by atoms with van der Waals surface area (Å²) in [6, 6.07) is 0. The molecule has 0 radical (unpaired) electrons. The van der Waals surface area contributed by atoms with Crippen LogP contribution in [0.4, 0.5) is 0 Å². The highest BCUT2D eigenvalue weighted by Gasteiger charge is 1.77. The van der Waals surface area contributed by atoms with Crippen molar-refractivity contribution in [3.05, 3.63) is 0 Å². The van der Waals surface area contributed by atoms with Gasteiger partial charge in [-0.05, 0) is 53.0 Å². The van der Waals surface area contributed by atoms with Crippen molar-refractivity contribution >= 4 is 56.0 Å². The Bertz CT molecular complexity index is 10.8. The normalized spacial score (nSPS) is 9.00. The number of rotatable bonds is 0. The van der Waals surface area contributed by atoms with Crippen LogP contribution in [-0.2, 0) is 0 Å². The predicted molar refractivity (Wildman–Crippen MR) is 38.8 cm³/mol. The number of hydrogen-bond donors (Lipinski definition) is 0. The first-order chi connectivity index (χ1) is 1.73. The summed E-state index contributed by atoms with van der Waals surface area (Å²) in [5.74, 6) is 0. The Morgan fingerprint density at radius 2 is 1.50 bits per heavy atom. The van der Waals surface area contributed by atoms with Crippen LogP contribution >= 0.6 is 56.0 Å². The molecule has 0 unspecified atom stereocenters. The third kappa shape index (κ3) is 8.92. The van der Waals surface area contributed by atoms with Crippen LogP contribution in [0, 0.1) is 0 Å². The van der Waals surface area contributed by atoms with Gasteiger partial charge >= 0.3 is 0 Å². The fourth-order valence-corrected chi connectivity index (χ4v) is 0. The van der Waals surface area contributed by atoms with Crippen molar-refractivity contribution in [2.45, 2.75) is 0 Å². The zero-order chi connectivity index (χ0) is 3.58. The number of halogens is 3. The van der Waals surface area contributed by atoms with Crippen molar-refractivity contribution in [2.75, 3.05) is 0 Å². The van der Waals surface area contributed by atoms with Gasteiger partial charge in [-0.15, -0.1) is 0 Å². The lowest BCUT2D eigenvalue weighted by Crippen LogP contribution is -0.871. The fourth-order valence-electron chi connectivity index (χ4n) is 0. The average Bonchev–Trinajstić information content (AvgIpc) is 0.811. The molecule has 0 fully saturated rings. The van der Waals surface area contributed by atoms with Gasteiger partial charge in [0.2, 0.25) is 0 Å². The lowest BCUT2D eigenvalue weighted by molar-refractivity contribution is 6.09. The Morgan fingerprint density at radius 1 is 1.50 bits per heavy atom. The lowest BCUT2D eigenvalue weighted by Gasteiger charge is -1.70. The molecular weight excluding hydrogens is 318 g/mol. The molecule has 0 atom stereocenters. The van der Waals surface area contributed by atoms with E-state index in [-0.39, 0.29) is 2.97 Å². The van der Waals surface area contributed by atoms with Crippen LogP contribution < -0.4 is 0 Å². The third-order valence-corrected chi connectivity index (χ3v) is 0.